The second-order valence-corrected chi connectivity index (χ2v) is 7.75. The lowest BCUT2D eigenvalue weighted by Crippen LogP contribution is -2.18. The zero-order valence-corrected chi connectivity index (χ0v) is 14.5. The summed E-state index contributed by atoms with van der Waals surface area (Å²) in [6.45, 7) is 2.05. The molecule has 2 N–H and O–H groups in total. The number of nitrogens with zero attached hydrogens (tertiary/aromatic N) is 1. The van der Waals surface area contributed by atoms with Crippen LogP contribution in [-0.2, 0) is 4.79 Å². The minimum absolute atomic E-state index is 0.0402. The third-order valence-electron chi connectivity index (χ3n) is 4.93. The molecule has 0 spiro atoms. The number of carbonyl (C=O) groups excluding carboxylic acids is 1. The van der Waals surface area contributed by atoms with Crippen LogP contribution in [0.5, 0.6) is 0 Å². The Morgan fingerprint density at radius 1 is 1.12 bits per heavy atom. The molecule has 24 heavy (non-hydrogen) atoms. The van der Waals surface area contributed by atoms with Gasteiger partial charge in [-0.1, -0.05) is 42.7 Å². The van der Waals surface area contributed by atoms with Gasteiger partial charge in [0.05, 0.1) is 22.6 Å². The Bertz CT molecular complexity index is 816. The number of nitrogens with one attached hydrogen (secondary N) is 2. The maximum Gasteiger partial charge on any atom is 0.270 e. The molecular formula is C18H21N3O2S. The van der Waals surface area contributed by atoms with Crippen LogP contribution in [0.4, 0.5) is 5.82 Å². The van der Waals surface area contributed by atoms with Crippen molar-refractivity contribution in [2.24, 2.45) is 0 Å². The zero-order chi connectivity index (χ0) is 16.7. The lowest BCUT2D eigenvalue weighted by molar-refractivity contribution is -0.113. The minimum atomic E-state index is -0.119. The van der Waals surface area contributed by atoms with Crippen LogP contribution < -0.4 is 10.9 Å². The van der Waals surface area contributed by atoms with Gasteiger partial charge in [-0.3, -0.25) is 19.4 Å². The number of fused-ring (bicyclic) bond motifs is 1. The number of benzene rings is 1. The Labute approximate surface area is 144 Å². The highest BCUT2D eigenvalue weighted by molar-refractivity contribution is 8.00. The number of hydrogen-bond acceptors (Lipinski definition) is 3. The Morgan fingerprint density at radius 2 is 1.83 bits per heavy atom. The van der Waals surface area contributed by atoms with Crippen molar-refractivity contribution in [2.75, 3.05) is 11.1 Å². The number of hydrogen-bond donors (Lipinski definition) is 2. The van der Waals surface area contributed by atoms with Gasteiger partial charge in [0.25, 0.3) is 5.56 Å². The number of aromatic amines is 1. The minimum Gasteiger partial charge on any atom is -0.310 e. The molecule has 2 heterocycles. The predicted octanol–water partition coefficient (Wildman–Crippen LogP) is 3.37. The second kappa shape index (κ2) is 6.16. The van der Waals surface area contributed by atoms with Gasteiger partial charge in [-0.05, 0) is 25.3 Å². The summed E-state index contributed by atoms with van der Waals surface area (Å²) in [5, 5.41) is 5.84. The normalized spacial score (nSPS) is 21.4. The highest BCUT2D eigenvalue weighted by atomic mass is 32.2. The van der Waals surface area contributed by atoms with Gasteiger partial charge in [0, 0.05) is 0 Å². The van der Waals surface area contributed by atoms with E-state index in [0.29, 0.717) is 17.1 Å². The van der Waals surface area contributed by atoms with E-state index in [9.17, 15) is 9.59 Å². The first-order valence-corrected chi connectivity index (χ1v) is 9.51. The molecule has 0 saturated heterocycles. The van der Waals surface area contributed by atoms with E-state index in [1.54, 1.807) is 0 Å². The molecule has 1 aromatic carbocycles. The molecule has 126 valence electrons. The quantitative estimate of drug-likeness (QED) is 0.878. The third kappa shape index (κ3) is 2.69. The van der Waals surface area contributed by atoms with E-state index in [1.807, 2.05) is 11.6 Å². The molecule has 2 aliphatic rings. The van der Waals surface area contributed by atoms with Crippen LogP contribution >= 0.6 is 11.8 Å². The Hall–Kier alpha value is -1.95. The highest BCUT2D eigenvalue weighted by Crippen LogP contribution is 2.41. The van der Waals surface area contributed by atoms with E-state index < -0.39 is 0 Å². The van der Waals surface area contributed by atoms with Crippen molar-refractivity contribution in [2.45, 2.75) is 43.9 Å². The molecule has 4 rings (SSSR count). The van der Waals surface area contributed by atoms with E-state index in [0.717, 1.165) is 18.4 Å². The van der Waals surface area contributed by atoms with E-state index in [1.165, 1.54) is 30.2 Å². The summed E-state index contributed by atoms with van der Waals surface area (Å²) in [6.07, 6.45) is 4.44. The topological polar surface area (TPSA) is 66.9 Å². The van der Waals surface area contributed by atoms with Crippen molar-refractivity contribution >= 4 is 23.5 Å². The maximum atomic E-state index is 12.7. The third-order valence-corrected chi connectivity index (χ3v) is 6.20. The number of carbonyl (C=O) groups is 1. The molecule has 6 heteroatoms. The molecule has 1 aromatic heterocycles. The van der Waals surface area contributed by atoms with Gasteiger partial charge < -0.3 is 5.32 Å². The Morgan fingerprint density at radius 3 is 2.54 bits per heavy atom. The largest absolute Gasteiger partial charge is 0.310 e. The number of amides is 1. The SMILES string of the molecule is Cc1ccc([C@H]2SCC(=O)Nc3c2c(=O)[nH]n3C2CCCC2)cc1. The average molecular weight is 343 g/mol. The molecule has 1 atom stereocenters. The van der Waals surface area contributed by atoms with Crippen LogP contribution in [0, 0.1) is 6.92 Å². The number of aryl methyl sites for hydroxylation is 1. The van der Waals surface area contributed by atoms with Crippen LogP contribution in [-0.4, -0.2) is 21.4 Å². The number of H-pyrrole nitrogens is 1. The molecule has 0 unspecified atom stereocenters. The molecule has 5 nitrogen and oxygen atoms in total. The zero-order valence-electron chi connectivity index (χ0n) is 13.7. The fourth-order valence-corrected chi connectivity index (χ4v) is 4.81. The highest BCUT2D eigenvalue weighted by Gasteiger charge is 2.32. The lowest BCUT2D eigenvalue weighted by Gasteiger charge is -2.16. The summed E-state index contributed by atoms with van der Waals surface area (Å²) >= 11 is 1.52. The summed E-state index contributed by atoms with van der Waals surface area (Å²) in [7, 11) is 0. The fraction of sp³-hybridized carbons (Fsp3) is 0.444. The van der Waals surface area contributed by atoms with Gasteiger partial charge in [0.2, 0.25) is 5.91 Å². The van der Waals surface area contributed by atoms with Crippen LogP contribution in [0.25, 0.3) is 0 Å². The summed E-state index contributed by atoms with van der Waals surface area (Å²) in [4.78, 5) is 24.9. The number of anilines is 1. The van der Waals surface area contributed by atoms with Crippen LogP contribution in [0.1, 0.15) is 53.7 Å². The number of aromatic nitrogens is 2. The van der Waals surface area contributed by atoms with E-state index in [-0.39, 0.29) is 22.8 Å². The summed E-state index contributed by atoms with van der Waals surface area (Å²) in [5.74, 6) is 0.992. The van der Waals surface area contributed by atoms with Crippen molar-refractivity contribution < 1.29 is 4.79 Å². The maximum absolute atomic E-state index is 12.7. The van der Waals surface area contributed by atoms with Crippen LogP contribution in [0.3, 0.4) is 0 Å². The first kappa shape index (κ1) is 15.6. The smallest absolute Gasteiger partial charge is 0.270 e. The van der Waals surface area contributed by atoms with E-state index in [2.05, 4.69) is 34.7 Å². The van der Waals surface area contributed by atoms with Gasteiger partial charge >= 0.3 is 0 Å². The lowest BCUT2D eigenvalue weighted by atomic mass is 10.0. The molecule has 1 saturated carbocycles. The molecule has 1 aliphatic carbocycles. The van der Waals surface area contributed by atoms with Crippen molar-refractivity contribution in [3.63, 3.8) is 0 Å². The molecule has 2 aromatic rings. The van der Waals surface area contributed by atoms with Crippen LogP contribution in [0.15, 0.2) is 29.1 Å². The molecule has 0 bridgehead atoms. The van der Waals surface area contributed by atoms with Gasteiger partial charge in [-0.15, -0.1) is 11.8 Å². The van der Waals surface area contributed by atoms with Crippen LogP contribution in [0.2, 0.25) is 0 Å². The monoisotopic (exact) mass is 343 g/mol. The van der Waals surface area contributed by atoms with E-state index in [4.69, 9.17) is 0 Å². The average Bonchev–Trinajstić information content (AvgIpc) is 3.15. The Kier molecular flexibility index (Phi) is 4.00. The van der Waals surface area contributed by atoms with Crippen molar-refractivity contribution in [3.8, 4) is 0 Å². The van der Waals surface area contributed by atoms with Crippen molar-refractivity contribution in [1.29, 1.82) is 0 Å². The molecule has 1 fully saturated rings. The Balaban J connectivity index is 1.83. The molecule has 1 aliphatic heterocycles. The number of rotatable bonds is 2. The summed E-state index contributed by atoms with van der Waals surface area (Å²) < 4.78 is 1.91. The van der Waals surface area contributed by atoms with E-state index >= 15 is 0 Å². The van der Waals surface area contributed by atoms with Crippen molar-refractivity contribution in [3.05, 3.63) is 51.3 Å². The summed E-state index contributed by atoms with van der Waals surface area (Å²) in [6, 6.07) is 8.50. The number of thioether (sulfide) groups is 1. The standard InChI is InChI=1S/C18H21N3O2S/c1-11-6-8-12(9-7-11)16-15-17(19-14(22)10-24-16)21(20-18(15)23)13-4-2-3-5-13/h6-9,13,16H,2-5,10H2,1H3,(H,19,22)(H,20,23)/t16-/m1/s1. The predicted molar refractivity (Wildman–Crippen MR) is 96.7 cm³/mol. The van der Waals surface area contributed by atoms with Gasteiger partial charge in [-0.25, -0.2) is 0 Å². The molecular weight excluding hydrogens is 322 g/mol. The van der Waals surface area contributed by atoms with Gasteiger partial charge in [0.1, 0.15) is 5.82 Å². The summed E-state index contributed by atoms with van der Waals surface area (Å²) in [5.41, 5.74) is 2.85. The van der Waals surface area contributed by atoms with Gasteiger partial charge in [-0.2, -0.15) is 0 Å². The molecule has 1 amide bonds. The second-order valence-electron chi connectivity index (χ2n) is 6.66. The first-order valence-electron chi connectivity index (χ1n) is 8.46. The van der Waals surface area contributed by atoms with Gasteiger partial charge in [0.15, 0.2) is 0 Å². The molecule has 0 radical (unpaired) electrons. The van der Waals surface area contributed by atoms with Crippen molar-refractivity contribution in [1.82, 2.24) is 9.78 Å². The first-order chi connectivity index (χ1) is 11.6. The fourth-order valence-electron chi connectivity index (χ4n) is 3.68.